The van der Waals surface area contributed by atoms with E-state index in [9.17, 15) is 4.79 Å². The highest BCUT2D eigenvalue weighted by Crippen LogP contribution is 2.44. The van der Waals surface area contributed by atoms with Crippen molar-refractivity contribution in [2.75, 3.05) is 13.9 Å². The summed E-state index contributed by atoms with van der Waals surface area (Å²) in [4.78, 5) is 10.9. The van der Waals surface area contributed by atoms with Crippen molar-refractivity contribution in [3.63, 3.8) is 0 Å². The minimum atomic E-state index is -0.396. The maximum Gasteiger partial charge on any atom is 0.188 e. The van der Waals surface area contributed by atoms with Gasteiger partial charge in [-0.05, 0) is 57.2 Å². The first-order valence-electron chi connectivity index (χ1n) is 7.30. The van der Waals surface area contributed by atoms with Crippen LogP contribution in [0.2, 0.25) is 0 Å². The number of benzene rings is 1. The second-order valence-electron chi connectivity index (χ2n) is 5.99. The van der Waals surface area contributed by atoms with Gasteiger partial charge in [-0.1, -0.05) is 0 Å². The Kier molecular flexibility index (Phi) is 4.57. The Bertz CT molecular complexity index is 550. The predicted molar refractivity (Wildman–Crippen MR) is 81.2 cm³/mol. The molecule has 0 spiro atoms. The Hall–Kier alpha value is -1.55. The van der Waals surface area contributed by atoms with Crippen molar-refractivity contribution in [1.82, 2.24) is 0 Å². The van der Waals surface area contributed by atoms with E-state index in [1.54, 1.807) is 7.11 Å². The maximum atomic E-state index is 10.9. The van der Waals surface area contributed by atoms with Crippen LogP contribution < -0.4 is 9.47 Å². The molecule has 1 unspecified atom stereocenters. The highest BCUT2D eigenvalue weighted by atomic mass is 16.7. The van der Waals surface area contributed by atoms with Crippen LogP contribution in [-0.2, 0) is 16.0 Å². The lowest BCUT2D eigenvalue weighted by molar-refractivity contribution is -0.111. The van der Waals surface area contributed by atoms with Crippen molar-refractivity contribution in [3.05, 3.63) is 22.3 Å². The van der Waals surface area contributed by atoms with Crippen LogP contribution >= 0.6 is 0 Å². The Morgan fingerprint density at radius 2 is 1.95 bits per heavy atom. The molecule has 0 amide bonds. The summed E-state index contributed by atoms with van der Waals surface area (Å²) in [5, 5.41) is 0. The standard InChI is InChI=1S/C17H24O4/c1-11-12(2)16-14(13(3)15(11)20-10-19-5)6-7-17(4,21-16)8-9-18/h9H,6-8,10H2,1-5H3. The van der Waals surface area contributed by atoms with E-state index in [2.05, 4.69) is 6.92 Å². The van der Waals surface area contributed by atoms with Crippen molar-refractivity contribution < 1.29 is 19.0 Å². The first-order valence-corrected chi connectivity index (χ1v) is 7.30. The van der Waals surface area contributed by atoms with Crippen LogP contribution in [0.15, 0.2) is 0 Å². The molecule has 0 N–H and O–H groups in total. The fraction of sp³-hybridized carbons (Fsp3) is 0.588. The van der Waals surface area contributed by atoms with E-state index in [0.29, 0.717) is 6.42 Å². The Morgan fingerprint density at radius 1 is 1.24 bits per heavy atom. The van der Waals surface area contributed by atoms with E-state index >= 15 is 0 Å². The van der Waals surface area contributed by atoms with E-state index in [-0.39, 0.29) is 6.79 Å². The molecule has 1 atom stereocenters. The van der Waals surface area contributed by atoms with Crippen LogP contribution in [0.1, 0.15) is 42.0 Å². The highest BCUT2D eigenvalue weighted by Gasteiger charge is 2.34. The molecule has 0 saturated carbocycles. The molecule has 1 aliphatic heterocycles. The van der Waals surface area contributed by atoms with E-state index in [4.69, 9.17) is 14.2 Å². The zero-order valence-electron chi connectivity index (χ0n) is 13.5. The second kappa shape index (κ2) is 6.06. The quantitative estimate of drug-likeness (QED) is 0.617. The van der Waals surface area contributed by atoms with Gasteiger partial charge in [-0.3, -0.25) is 0 Å². The summed E-state index contributed by atoms with van der Waals surface area (Å²) in [6.07, 6.45) is 3.10. The maximum absolute atomic E-state index is 10.9. The lowest BCUT2D eigenvalue weighted by atomic mass is 9.86. The molecule has 0 aromatic heterocycles. The molecule has 21 heavy (non-hydrogen) atoms. The smallest absolute Gasteiger partial charge is 0.188 e. The Balaban J connectivity index is 2.46. The Labute approximate surface area is 126 Å². The van der Waals surface area contributed by atoms with Crippen LogP contribution in [0.25, 0.3) is 0 Å². The molecule has 0 fully saturated rings. The molecule has 2 rings (SSSR count). The molecule has 1 aromatic rings. The predicted octanol–water partition coefficient (Wildman–Crippen LogP) is 3.27. The van der Waals surface area contributed by atoms with Gasteiger partial charge in [0.2, 0.25) is 0 Å². The van der Waals surface area contributed by atoms with Crippen molar-refractivity contribution in [2.24, 2.45) is 0 Å². The fourth-order valence-electron chi connectivity index (χ4n) is 2.94. The third kappa shape index (κ3) is 2.91. The van der Waals surface area contributed by atoms with Gasteiger partial charge >= 0.3 is 0 Å². The summed E-state index contributed by atoms with van der Waals surface area (Å²) in [5.74, 6) is 1.81. The summed E-state index contributed by atoms with van der Waals surface area (Å²) in [6.45, 7) is 8.37. The molecular formula is C17H24O4. The molecule has 4 nitrogen and oxygen atoms in total. The summed E-state index contributed by atoms with van der Waals surface area (Å²) in [7, 11) is 1.61. The highest BCUT2D eigenvalue weighted by molar-refractivity contribution is 5.60. The largest absolute Gasteiger partial charge is 0.487 e. The molecule has 1 heterocycles. The molecule has 1 aliphatic rings. The number of hydrogen-bond acceptors (Lipinski definition) is 4. The first kappa shape index (κ1) is 15.8. The average molecular weight is 292 g/mol. The molecule has 1 aromatic carbocycles. The lowest BCUT2D eigenvalue weighted by Crippen LogP contribution is -2.37. The van der Waals surface area contributed by atoms with Crippen molar-refractivity contribution in [3.8, 4) is 11.5 Å². The average Bonchev–Trinajstić information content (AvgIpc) is 2.45. The molecule has 0 saturated heterocycles. The van der Waals surface area contributed by atoms with Crippen LogP contribution in [-0.4, -0.2) is 25.8 Å². The van der Waals surface area contributed by atoms with Crippen LogP contribution in [0.5, 0.6) is 11.5 Å². The minimum Gasteiger partial charge on any atom is -0.487 e. The van der Waals surface area contributed by atoms with Crippen LogP contribution in [0, 0.1) is 20.8 Å². The van der Waals surface area contributed by atoms with Gasteiger partial charge in [0.15, 0.2) is 6.79 Å². The Morgan fingerprint density at radius 3 is 2.57 bits per heavy atom. The van der Waals surface area contributed by atoms with Gasteiger partial charge in [-0.15, -0.1) is 0 Å². The lowest BCUT2D eigenvalue weighted by Gasteiger charge is -2.37. The van der Waals surface area contributed by atoms with Gasteiger partial charge in [0.1, 0.15) is 23.4 Å². The monoisotopic (exact) mass is 292 g/mol. The SMILES string of the molecule is COCOc1c(C)c(C)c2c(c1C)CCC(C)(CC=O)O2. The number of aldehydes is 1. The van der Waals surface area contributed by atoms with E-state index in [1.165, 1.54) is 5.56 Å². The van der Waals surface area contributed by atoms with Gasteiger partial charge in [0, 0.05) is 19.1 Å². The number of carbonyl (C=O) groups excluding carboxylic acids is 1. The van der Waals surface area contributed by atoms with Crippen LogP contribution in [0.3, 0.4) is 0 Å². The topological polar surface area (TPSA) is 44.8 Å². The van der Waals surface area contributed by atoms with Gasteiger partial charge in [-0.2, -0.15) is 0 Å². The van der Waals surface area contributed by atoms with E-state index in [1.807, 2.05) is 20.8 Å². The number of carbonyl (C=O) groups is 1. The number of rotatable bonds is 5. The number of fused-ring (bicyclic) bond motifs is 1. The van der Waals surface area contributed by atoms with Gasteiger partial charge in [0.25, 0.3) is 0 Å². The fourth-order valence-corrected chi connectivity index (χ4v) is 2.94. The number of hydrogen-bond donors (Lipinski definition) is 0. The van der Waals surface area contributed by atoms with Crippen LogP contribution in [0.4, 0.5) is 0 Å². The minimum absolute atomic E-state index is 0.240. The molecular weight excluding hydrogens is 268 g/mol. The third-order valence-corrected chi connectivity index (χ3v) is 4.40. The van der Waals surface area contributed by atoms with Gasteiger partial charge in [-0.25, -0.2) is 0 Å². The van der Waals surface area contributed by atoms with E-state index in [0.717, 1.165) is 47.3 Å². The summed E-state index contributed by atoms with van der Waals surface area (Å²) < 4.78 is 16.9. The third-order valence-electron chi connectivity index (χ3n) is 4.40. The second-order valence-corrected chi connectivity index (χ2v) is 5.99. The molecule has 0 radical (unpaired) electrons. The molecule has 116 valence electrons. The van der Waals surface area contributed by atoms with Crippen molar-refractivity contribution in [1.29, 1.82) is 0 Å². The molecule has 0 bridgehead atoms. The van der Waals surface area contributed by atoms with Gasteiger partial charge in [0.05, 0.1) is 0 Å². The van der Waals surface area contributed by atoms with Crippen molar-refractivity contribution in [2.45, 2.75) is 52.6 Å². The van der Waals surface area contributed by atoms with Gasteiger partial charge < -0.3 is 19.0 Å². The number of ether oxygens (including phenoxy) is 3. The normalized spacial score (nSPS) is 20.6. The van der Waals surface area contributed by atoms with E-state index < -0.39 is 5.60 Å². The summed E-state index contributed by atoms with van der Waals surface area (Å²) in [6, 6.07) is 0. The summed E-state index contributed by atoms with van der Waals surface area (Å²) >= 11 is 0. The summed E-state index contributed by atoms with van der Waals surface area (Å²) in [5.41, 5.74) is 4.05. The molecule has 4 heteroatoms. The zero-order chi connectivity index (χ0) is 15.6. The zero-order valence-corrected chi connectivity index (χ0v) is 13.5. The van der Waals surface area contributed by atoms with Crippen molar-refractivity contribution >= 4 is 6.29 Å². The molecule has 0 aliphatic carbocycles. The number of methoxy groups -OCH3 is 1. The first-order chi connectivity index (χ1) is 9.93.